The van der Waals surface area contributed by atoms with Crippen LogP contribution in [-0.2, 0) is 12.7 Å². The average Bonchev–Trinajstić information content (AvgIpc) is 2.32. The molecule has 0 bridgehead atoms. The number of halogens is 3. The molecule has 74 valence electrons. The van der Waals surface area contributed by atoms with Crippen molar-refractivity contribution >= 4 is 0 Å². The van der Waals surface area contributed by atoms with Crippen molar-refractivity contribution in [3.05, 3.63) is 17.0 Å². The van der Waals surface area contributed by atoms with Crippen molar-refractivity contribution in [1.82, 2.24) is 15.5 Å². The molecule has 0 aromatic carbocycles. The summed E-state index contributed by atoms with van der Waals surface area (Å²) in [5, 5.41) is 8.20. The van der Waals surface area contributed by atoms with Gasteiger partial charge in [-0.1, -0.05) is 0 Å². The minimum absolute atomic E-state index is 0.164. The summed E-state index contributed by atoms with van der Waals surface area (Å²) in [5.41, 5.74) is -0.212. The minimum atomic E-state index is -4.38. The molecule has 0 spiro atoms. The van der Waals surface area contributed by atoms with E-state index < -0.39 is 11.9 Å². The van der Waals surface area contributed by atoms with E-state index in [4.69, 9.17) is 0 Å². The van der Waals surface area contributed by atoms with Gasteiger partial charge >= 0.3 is 6.18 Å². The van der Waals surface area contributed by atoms with E-state index in [-0.39, 0.29) is 12.1 Å². The second kappa shape index (κ2) is 3.37. The Hall–Kier alpha value is -1.04. The first kappa shape index (κ1) is 10.0. The normalized spacial score (nSPS) is 12.1. The van der Waals surface area contributed by atoms with Crippen molar-refractivity contribution in [3.8, 4) is 0 Å². The maximum atomic E-state index is 12.3. The first-order valence-electron chi connectivity index (χ1n) is 3.72. The molecule has 2 N–H and O–H groups in total. The number of H-pyrrole nitrogens is 1. The van der Waals surface area contributed by atoms with Gasteiger partial charge in [0.15, 0.2) is 5.69 Å². The molecule has 1 aromatic heterocycles. The van der Waals surface area contributed by atoms with E-state index >= 15 is 0 Å². The number of aryl methyl sites for hydroxylation is 1. The van der Waals surface area contributed by atoms with Crippen molar-refractivity contribution in [2.75, 3.05) is 7.05 Å². The van der Waals surface area contributed by atoms with Crippen molar-refractivity contribution in [3.63, 3.8) is 0 Å². The van der Waals surface area contributed by atoms with Crippen LogP contribution in [0.2, 0.25) is 0 Å². The molecule has 0 unspecified atom stereocenters. The summed E-state index contributed by atoms with van der Waals surface area (Å²) in [6.45, 7) is 1.73. The van der Waals surface area contributed by atoms with Gasteiger partial charge in [0.2, 0.25) is 0 Å². The van der Waals surface area contributed by atoms with Crippen molar-refractivity contribution < 1.29 is 13.2 Å². The standard InChI is InChI=1S/C7H10F3N3/c1-4-5(3-11-2)6(13-12-4)7(8,9)10/h11H,3H2,1-2H3,(H,12,13). The highest BCUT2D eigenvalue weighted by atomic mass is 19.4. The molecule has 1 rings (SSSR count). The molecule has 0 aliphatic carbocycles. The van der Waals surface area contributed by atoms with E-state index in [2.05, 4.69) is 15.5 Å². The van der Waals surface area contributed by atoms with Crippen LogP contribution in [0.3, 0.4) is 0 Å². The number of nitrogens with zero attached hydrogens (tertiary/aromatic N) is 1. The van der Waals surface area contributed by atoms with E-state index in [0.29, 0.717) is 5.69 Å². The summed E-state index contributed by atoms with van der Waals surface area (Å²) in [4.78, 5) is 0. The van der Waals surface area contributed by atoms with Gasteiger partial charge in [-0.25, -0.2) is 0 Å². The number of alkyl halides is 3. The molecule has 1 heterocycles. The summed E-state index contributed by atoms with van der Waals surface area (Å²) in [5.74, 6) is 0. The van der Waals surface area contributed by atoms with Gasteiger partial charge in [0, 0.05) is 17.8 Å². The van der Waals surface area contributed by atoms with Crippen LogP contribution in [0, 0.1) is 6.92 Å². The smallest absolute Gasteiger partial charge is 0.316 e. The van der Waals surface area contributed by atoms with Crippen molar-refractivity contribution in [2.24, 2.45) is 0 Å². The largest absolute Gasteiger partial charge is 0.435 e. The second-order valence-corrected chi connectivity index (χ2v) is 2.70. The zero-order valence-corrected chi connectivity index (χ0v) is 7.29. The van der Waals surface area contributed by atoms with Crippen LogP contribution in [0.25, 0.3) is 0 Å². The van der Waals surface area contributed by atoms with Gasteiger partial charge < -0.3 is 5.32 Å². The number of hydrogen-bond donors (Lipinski definition) is 2. The lowest BCUT2D eigenvalue weighted by Gasteiger charge is -2.05. The van der Waals surface area contributed by atoms with Gasteiger partial charge in [-0.3, -0.25) is 5.10 Å². The second-order valence-electron chi connectivity index (χ2n) is 2.70. The monoisotopic (exact) mass is 193 g/mol. The fourth-order valence-electron chi connectivity index (χ4n) is 1.08. The Morgan fingerprint density at radius 3 is 2.54 bits per heavy atom. The minimum Gasteiger partial charge on any atom is -0.316 e. The Bertz CT molecular complexity index is 290. The zero-order chi connectivity index (χ0) is 10.1. The quantitative estimate of drug-likeness (QED) is 0.746. The van der Waals surface area contributed by atoms with E-state index in [9.17, 15) is 13.2 Å². The number of aromatic amines is 1. The topological polar surface area (TPSA) is 40.7 Å². The van der Waals surface area contributed by atoms with E-state index in [1.807, 2.05) is 0 Å². The highest BCUT2D eigenvalue weighted by Crippen LogP contribution is 2.31. The summed E-state index contributed by atoms with van der Waals surface area (Å²) < 4.78 is 36.8. The third-order valence-electron chi connectivity index (χ3n) is 1.70. The van der Waals surface area contributed by atoms with E-state index in [1.165, 1.54) is 0 Å². The fraction of sp³-hybridized carbons (Fsp3) is 0.571. The Morgan fingerprint density at radius 2 is 2.08 bits per heavy atom. The third kappa shape index (κ3) is 2.00. The van der Waals surface area contributed by atoms with Gasteiger partial charge in [-0.2, -0.15) is 18.3 Å². The molecule has 0 aliphatic rings. The maximum Gasteiger partial charge on any atom is 0.435 e. The fourth-order valence-corrected chi connectivity index (χ4v) is 1.08. The van der Waals surface area contributed by atoms with Crippen LogP contribution >= 0.6 is 0 Å². The first-order chi connectivity index (χ1) is 5.96. The Labute approximate surface area is 73.3 Å². The predicted octanol–water partition coefficient (Wildman–Crippen LogP) is 1.46. The predicted molar refractivity (Wildman–Crippen MR) is 41.1 cm³/mol. The molecule has 13 heavy (non-hydrogen) atoms. The molecule has 1 aromatic rings. The summed E-state index contributed by atoms with van der Waals surface area (Å²) in [6.07, 6.45) is -4.38. The van der Waals surface area contributed by atoms with Gasteiger partial charge in [0.25, 0.3) is 0 Å². The maximum absolute atomic E-state index is 12.3. The lowest BCUT2D eigenvalue weighted by Crippen LogP contribution is -2.13. The number of hydrogen-bond acceptors (Lipinski definition) is 2. The summed E-state index contributed by atoms with van der Waals surface area (Å²) >= 11 is 0. The van der Waals surface area contributed by atoms with Gasteiger partial charge in [0.1, 0.15) is 0 Å². The van der Waals surface area contributed by atoms with Crippen LogP contribution in [-0.4, -0.2) is 17.2 Å². The highest BCUT2D eigenvalue weighted by molar-refractivity contribution is 5.26. The Balaban J connectivity index is 3.07. The molecule has 0 saturated carbocycles. The van der Waals surface area contributed by atoms with Gasteiger partial charge in [-0.05, 0) is 14.0 Å². The molecule has 0 radical (unpaired) electrons. The number of aromatic nitrogens is 2. The van der Waals surface area contributed by atoms with Crippen LogP contribution in [0.5, 0.6) is 0 Å². The molecule has 6 heteroatoms. The third-order valence-corrected chi connectivity index (χ3v) is 1.70. The lowest BCUT2D eigenvalue weighted by molar-refractivity contribution is -0.141. The highest BCUT2D eigenvalue weighted by Gasteiger charge is 2.36. The van der Waals surface area contributed by atoms with E-state index in [1.54, 1.807) is 14.0 Å². The molecule has 3 nitrogen and oxygen atoms in total. The molecular formula is C7H10F3N3. The van der Waals surface area contributed by atoms with Gasteiger partial charge in [0.05, 0.1) is 0 Å². The van der Waals surface area contributed by atoms with Crippen LogP contribution in [0.4, 0.5) is 13.2 Å². The lowest BCUT2D eigenvalue weighted by atomic mass is 10.2. The van der Waals surface area contributed by atoms with Crippen LogP contribution < -0.4 is 5.32 Å². The van der Waals surface area contributed by atoms with Gasteiger partial charge in [-0.15, -0.1) is 0 Å². The van der Waals surface area contributed by atoms with E-state index in [0.717, 1.165) is 0 Å². The van der Waals surface area contributed by atoms with Crippen LogP contribution in [0.1, 0.15) is 17.0 Å². The molecule has 0 atom stereocenters. The first-order valence-corrected chi connectivity index (χ1v) is 3.72. The SMILES string of the molecule is CNCc1c(C(F)(F)F)n[nH]c1C. The Morgan fingerprint density at radius 1 is 1.46 bits per heavy atom. The van der Waals surface area contributed by atoms with Crippen LogP contribution in [0.15, 0.2) is 0 Å². The Kier molecular flexibility index (Phi) is 2.60. The van der Waals surface area contributed by atoms with Crippen molar-refractivity contribution in [1.29, 1.82) is 0 Å². The molecule has 0 amide bonds. The number of nitrogens with one attached hydrogen (secondary N) is 2. The molecule has 0 fully saturated rings. The number of rotatable bonds is 2. The average molecular weight is 193 g/mol. The van der Waals surface area contributed by atoms with Crippen molar-refractivity contribution in [2.45, 2.75) is 19.6 Å². The zero-order valence-electron chi connectivity index (χ0n) is 7.29. The molecular weight excluding hydrogens is 183 g/mol. The summed E-state index contributed by atoms with van der Waals surface area (Å²) in [7, 11) is 1.59. The molecule has 0 aliphatic heterocycles. The molecule has 0 saturated heterocycles. The summed E-state index contributed by atoms with van der Waals surface area (Å²) in [6, 6.07) is 0.